The number of nitrogens with zero attached hydrogens (tertiary/aromatic N) is 2. The van der Waals surface area contributed by atoms with Crippen LogP contribution in [0, 0.1) is 0 Å². The molecule has 1 atom stereocenters. The molecule has 0 aliphatic carbocycles. The van der Waals surface area contributed by atoms with Crippen molar-refractivity contribution in [2.24, 2.45) is 0 Å². The minimum Gasteiger partial charge on any atom is -0.493 e. The minimum atomic E-state index is -0.0428. The molecule has 0 aliphatic rings. The standard InChI is InChI=1S/C16H21N3O3S/c1-4-11(3)17-14(20)10-23-16-19-18-15(22-16)12-8-6-7-9-13(12)21-5-2/h6-9,11H,4-5,10H2,1-3H3,(H,17,20)/t11-/m1/s1. The number of ether oxygens (including phenoxy) is 1. The number of benzene rings is 1. The summed E-state index contributed by atoms with van der Waals surface area (Å²) < 4.78 is 11.2. The van der Waals surface area contributed by atoms with E-state index in [4.69, 9.17) is 9.15 Å². The fourth-order valence-corrected chi connectivity index (χ4v) is 2.42. The largest absolute Gasteiger partial charge is 0.493 e. The summed E-state index contributed by atoms with van der Waals surface area (Å²) in [4.78, 5) is 11.8. The number of carbonyl (C=O) groups excluding carboxylic acids is 1. The van der Waals surface area contributed by atoms with Crippen LogP contribution in [0.15, 0.2) is 33.9 Å². The molecular formula is C16H21N3O3S. The lowest BCUT2D eigenvalue weighted by molar-refractivity contribution is -0.119. The molecule has 1 amide bonds. The van der Waals surface area contributed by atoms with Gasteiger partial charge in [-0.2, -0.15) is 0 Å². The summed E-state index contributed by atoms with van der Waals surface area (Å²) in [6.07, 6.45) is 0.898. The highest BCUT2D eigenvalue weighted by atomic mass is 32.2. The smallest absolute Gasteiger partial charge is 0.277 e. The quantitative estimate of drug-likeness (QED) is 0.747. The van der Waals surface area contributed by atoms with Gasteiger partial charge in [0.2, 0.25) is 5.91 Å². The lowest BCUT2D eigenvalue weighted by Crippen LogP contribution is -2.33. The van der Waals surface area contributed by atoms with Crippen LogP contribution in [0.25, 0.3) is 11.5 Å². The zero-order chi connectivity index (χ0) is 16.7. The SMILES string of the molecule is CCOc1ccccc1-c1nnc(SCC(=O)N[C@H](C)CC)o1. The van der Waals surface area contributed by atoms with E-state index in [1.54, 1.807) is 0 Å². The highest BCUT2D eigenvalue weighted by molar-refractivity contribution is 7.99. The maximum absolute atomic E-state index is 11.8. The van der Waals surface area contributed by atoms with Crippen LogP contribution in [0.2, 0.25) is 0 Å². The molecule has 1 aromatic heterocycles. The van der Waals surface area contributed by atoms with Gasteiger partial charge in [-0.1, -0.05) is 30.8 Å². The highest BCUT2D eigenvalue weighted by Crippen LogP contribution is 2.30. The number of rotatable bonds is 8. The molecular weight excluding hydrogens is 314 g/mol. The normalized spacial score (nSPS) is 12.0. The molecule has 0 radical (unpaired) electrons. The van der Waals surface area contributed by atoms with Crippen LogP contribution in [-0.4, -0.2) is 34.5 Å². The average Bonchev–Trinajstić information content (AvgIpc) is 3.02. The molecule has 6 nitrogen and oxygen atoms in total. The molecule has 1 N–H and O–H groups in total. The molecule has 0 spiro atoms. The third-order valence-electron chi connectivity index (χ3n) is 3.17. The van der Waals surface area contributed by atoms with Crippen molar-refractivity contribution in [2.75, 3.05) is 12.4 Å². The molecule has 0 aliphatic heterocycles. The van der Waals surface area contributed by atoms with Gasteiger partial charge in [-0.05, 0) is 32.4 Å². The fraction of sp³-hybridized carbons (Fsp3) is 0.438. The zero-order valence-electron chi connectivity index (χ0n) is 13.5. The lowest BCUT2D eigenvalue weighted by atomic mass is 10.2. The van der Waals surface area contributed by atoms with E-state index < -0.39 is 0 Å². The number of amides is 1. The van der Waals surface area contributed by atoms with Crippen molar-refractivity contribution in [3.8, 4) is 17.2 Å². The summed E-state index contributed by atoms with van der Waals surface area (Å²) in [6, 6.07) is 7.66. The zero-order valence-corrected chi connectivity index (χ0v) is 14.4. The summed E-state index contributed by atoms with van der Waals surface area (Å²) in [5.74, 6) is 1.29. The van der Waals surface area contributed by atoms with Crippen LogP contribution in [0.1, 0.15) is 27.2 Å². The maximum Gasteiger partial charge on any atom is 0.277 e. The molecule has 0 fully saturated rings. The topological polar surface area (TPSA) is 77.2 Å². The van der Waals surface area contributed by atoms with Crippen LogP contribution in [0.5, 0.6) is 5.75 Å². The highest BCUT2D eigenvalue weighted by Gasteiger charge is 2.15. The first-order valence-electron chi connectivity index (χ1n) is 7.61. The Labute approximate surface area is 140 Å². The first kappa shape index (κ1) is 17.3. The Morgan fingerprint density at radius 3 is 2.87 bits per heavy atom. The van der Waals surface area contributed by atoms with E-state index in [2.05, 4.69) is 15.5 Å². The number of hydrogen-bond acceptors (Lipinski definition) is 6. The van der Waals surface area contributed by atoms with Crippen LogP contribution >= 0.6 is 11.8 Å². The molecule has 0 saturated carbocycles. The van der Waals surface area contributed by atoms with Crippen LogP contribution < -0.4 is 10.1 Å². The summed E-state index contributed by atoms with van der Waals surface area (Å²) in [7, 11) is 0. The molecule has 2 aromatic rings. The summed E-state index contributed by atoms with van der Waals surface area (Å²) >= 11 is 1.22. The van der Waals surface area contributed by atoms with Crippen molar-refractivity contribution >= 4 is 17.7 Å². The number of aromatic nitrogens is 2. The van der Waals surface area contributed by atoms with Crippen molar-refractivity contribution in [3.05, 3.63) is 24.3 Å². The Balaban J connectivity index is 2.00. The Morgan fingerprint density at radius 2 is 2.13 bits per heavy atom. The van der Waals surface area contributed by atoms with Crippen molar-refractivity contribution in [3.63, 3.8) is 0 Å². The number of thioether (sulfide) groups is 1. The van der Waals surface area contributed by atoms with Gasteiger partial charge in [0.1, 0.15) is 5.75 Å². The Hall–Kier alpha value is -2.02. The van der Waals surface area contributed by atoms with E-state index in [-0.39, 0.29) is 17.7 Å². The number of para-hydroxylation sites is 1. The first-order valence-corrected chi connectivity index (χ1v) is 8.60. The molecule has 0 unspecified atom stereocenters. The van der Waals surface area contributed by atoms with Gasteiger partial charge in [-0.3, -0.25) is 4.79 Å². The predicted octanol–water partition coefficient (Wildman–Crippen LogP) is 3.14. The number of carbonyl (C=O) groups is 1. The summed E-state index contributed by atoms with van der Waals surface area (Å²) in [5, 5.41) is 11.3. The predicted molar refractivity (Wildman–Crippen MR) is 89.5 cm³/mol. The van der Waals surface area contributed by atoms with Crippen molar-refractivity contribution in [2.45, 2.75) is 38.5 Å². The van der Waals surface area contributed by atoms with Gasteiger partial charge in [-0.15, -0.1) is 10.2 Å². The van der Waals surface area contributed by atoms with Gasteiger partial charge in [0.25, 0.3) is 11.1 Å². The molecule has 0 bridgehead atoms. The third kappa shape index (κ3) is 4.99. The molecule has 1 heterocycles. The van der Waals surface area contributed by atoms with Gasteiger partial charge in [-0.25, -0.2) is 0 Å². The Bertz CT molecular complexity index is 645. The molecule has 7 heteroatoms. The minimum absolute atomic E-state index is 0.0428. The second-order valence-electron chi connectivity index (χ2n) is 4.97. The van der Waals surface area contributed by atoms with Gasteiger partial charge in [0.05, 0.1) is 17.9 Å². The average molecular weight is 335 g/mol. The van der Waals surface area contributed by atoms with E-state index in [0.717, 1.165) is 12.0 Å². The molecule has 23 heavy (non-hydrogen) atoms. The van der Waals surface area contributed by atoms with Crippen LogP contribution in [0.3, 0.4) is 0 Å². The van der Waals surface area contributed by atoms with E-state index in [1.807, 2.05) is 45.0 Å². The van der Waals surface area contributed by atoms with E-state index in [0.29, 0.717) is 23.5 Å². The monoisotopic (exact) mass is 335 g/mol. The Morgan fingerprint density at radius 1 is 1.35 bits per heavy atom. The lowest BCUT2D eigenvalue weighted by Gasteiger charge is -2.09. The van der Waals surface area contributed by atoms with Crippen LogP contribution in [-0.2, 0) is 4.79 Å². The molecule has 1 aromatic carbocycles. The fourth-order valence-electron chi connectivity index (χ4n) is 1.85. The van der Waals surface area contributed by atoms with E-state index in [9.17, 15) is 4.79 Å². The second-order valence-corrected chi connectivity index (χ2v) is 5.89. The van der Waals surface area contributed by atoms with Gasteiger partial charge in [0, 0.05) is 6.04 Å². The van der Waals surface area contributed by atoms with Crippen molar-refractivity contribution in [1.29, 1.82) is 0 Å². The van der Waals surface area contributed by atoms with Gasteiger partial charge < -0.3 is 14.5 Å². The van der Waals surface area contributed by atoms with Crippen molar-refractivity contribution < 1.29 is 13.9 Å². The molecule has 2 rings (SSSR count). The third-order valence-corrected chi connectivity index (χ3v) is 3.99. The molecule has 124 valence electrons. The number of hydrogen-bond donors (Lipinski definition) is 1. The number of nitrogens with one attached hydrogen (secondary N) is 1. The maximum atomic E-state index is 11.8. The Kier molecular flexibility index (Phi) is 6.46. The van der Waals surface area contributed by atoms with Gasteiger partial charge >= 0.3 is 0 Å². The summed E-state index contributed by atoms with van der Waals surface area (Å²) in [6.45, 7) is 6.47. The molecule has 0 saturated heterocycles. The second kappa shape index (κ2) is 8.57. The van der Waals surface area contributed by atoms with Crippen molar-refractivity contribution in [1.82, 2.24) is 15.5 Å². The van der Waals surface area contributed by atoms with E-state index >= 15 is 0 Å². The van der Waals surface area contributed by atoms with Crippen LogP contribution in [0.4, 0.5) is 0 Å². The van der Waals surface area contributed by atoms with Gasteiger partial charge in [0.15, 0.2) is 0 Å². The summed E-state index contributed by atoms with van der Waals surface area (Å²) in [5.41, 5.74) is 0.748. The van der Waals surface area contributed by atoms with E-state index in [1.165, 1.54) is 11.8 Å². The first-order chi connectivity index (χ1) is 11.1.